The van der Waals surface area contributed by atoms with Crippen LogP contribution in [0.15, 0.2) is 54.7 Å². The number of benzene rings is 2. The van der Waals surface area contributed by atoms with Gasteiger partial charge < -0.3 is 20.1 Å². The highest BCUT2D eigenvalue weighted by molar-refractivity contribution is 6.30. The van der Waals surface area contributed by atoms with Crippen LogP contribution in [-0.4, -0.2) is 56.9 Å². The van der Waals surface area contributed by atoms with E-state index in [2.05, 4.69) is 58.4 Å². The van der Waals surface area contributed by atoms with E-state index in [0.29, 0.717) is 18.1 Å². The molecule has 4 aromatic rings. The lowest BCUT2D eigenvalue weighted by Gasteiger charge is -2.36. The molecule has 2 amide bonds. The second kappa shape index (κ2) is 8.78. The van der Waals surface area contributed by atoms with Gasteiger partial charge in [0.25, 0.3) is 0 Å². The Bertz CT molecular complexity index is 1250. The van der Waals surface area contributed by atoms with E-state index < -0.39 is 0 Å². The van der Waals surface area contributed by atoms with Gasteiger partial charge in [-0.2, -0.15) is 5.10 Å². The van der Waals surface area contributed by atoms with Crippen molar-refractivity contribution < 1.29 is 4.79 Å². The van der Waals surface area contributed by atoms with Crippen LogP contribution >= 0.6 is 11.6 Å². The molecule has 9 heteroatoms. The lowest BCUT2D eigenvalue weighted by Crippen LogP contribution is -2.50. The molecule has 8 nitrogen and oxygen atoms in total. The highest BCUT2D eigenvalue weighted by Crippen LogP contribution is 2.25. The number of nitrogens with one attached hydrogen (secondary N) is 2. The van der Waals surface area contributed by atoms with Crippen LogP contribution in [0.3, 0.4) is 0 Å². The van der Waals surface area contributed by atoms with E-state index in [1.165, 1.54) is 0 Å². The van der Waals surface area contributed by atoms with E-state index >= 15 is 0 Å². The molecule has 33 heavy (non-hydrogen) atoms. The number of aromatic amines is 1. The SMILES string of the molecule is CC(C)n1ncc2[nH]c(-c3ccc(N4CCN(C(=O)Nc5ccc(Cl)cc5)CC4)cc3)nc21. The molecule has 0 unspecified atom stereocenters. The number of carbonyl (C=O) groups excluding carboxylic acids is 1. The third-order valence-electron chi connectivity index (χ3n) is 5.90. The lowest BCUT2D eigenvalue weighted by atomic mass is 10.1. The van der Waals surface area contributed by atoms with Gasteiger partial charge in [0, 0.05) is 54.2 Å². The molecule has 170 valence electrons. The Morgan fingerprint density at radius 1 is 1.03 bits per heavy atom. The molecule has 0 radical (unpaired) electrons. The summed E-state index contributed by atoms with van der Waals surface area (Å²) in [6, 6.07) is 15.7. The van der Waals surface area contributed by atoms with Crippen molar-refractivity contribution in [2.75, 3.05) is 36.4 Å². The number of halogens is 1. The van der Waals surface area contributed by atoms with Gasteiger partial charge in [0.1, 0.15) is 11.3 Å². The molecule has 3 heterocycles. The number of anilines is 2. The van der Waals surface area contributed by atoms with Crippen molar-refractivity contribution in [3.8, 4) is 11.4 Å². The number of fused-ring (bicyclic) bond motifs is 1. The Morgan fingerprint density at radius 3 is 2.39 bits per heavy atom. The fourth-order valence-corrected chi connectivity index (χ4v) is 4.19. The molecular formula is C24H26ClN7O. The Hall–Kier alpha value is -3.52. The summed E-state index contributed by atoms with van der Waals surface area (Å²) in [5, 5.41) is 7.97. The largest absolute Gasteiger partial charge is 0.368 e. The van der Waals surface area contributed by atoms with E-state index in [1.807, 2.05) is 15.8 Å². The Labute approximate surface area is 197 Å². The maximum absolute atomic E-state index is 12.6. The molecule has 1 saturated heterocycles. The van der Waals surface area contributed by atoms with Crippen LogP contribution in [0.4, 0.5) is 16.2 Å². The standard InChI is InChI=1S/C24H26ClN7O/c1-16(2)32-23-21(15-26-32)28-22(29-23)17-3-9-20(10-4-17)30-11-13-31(14-12-30)24(33)27-19-7-5-18(25)6-8-19/h3-10,15-16H,11-14H2,1-2H3,(H,27,33)(H,28,29). The first-order valence-electron chi connectivity index (χ1n) is 11.1. The molecule has 0 spiro atoms. The lowest BCUT2D eigenvalue weighted by molar-refractivity contribution is 0.208. The van der Waals surface area contributed by atoms with E-state index in [4.69, 9.17) is 16.6 Å². The van der Waals surface area contributed by atoms with Crippen LogP contribution in [0, 0.1) is 0 Å². The van der Waals surface area contributed by atoms with Gasteiger partial charge in [-0.25, -0.2) is 14.5 Å². The highest BCUT2D eigenvalue weighted by Gasteiger charge is 2.21. The number of urea groups is 1. The molecular weight excluding hydrogens is 438 g/mol. The zero-order chi connectivity index (χ0) is 22.9. The van der Waals surface area contributed by atoms with Crippen molar-refractivity contribution in [3.05, 3.63) is 59.8 Å². The minimum absolute atomic E-state index is 0.0860. The Kier molecular flexibility index (Phi) is 5.68. The molecule has 0 aliphatic carbocycles. The van der Waals surface area contributed by atoms with E-state index in [9.17, 15) is 4.79 Å². The summed E-state index contributed by atoms with van der Waals surface area (Å²) in [6.45, 7) is 7.07. The van der Waals surface area contributed by atoms with Crippen LogP contribution in [0.2, 0.25) is 5.02 Å². The summed E-state index contributed by atoms with van der Waals surface area (Å²) in [5.74, 6) is 0.840. The molecule has 1 aliphatic heterocycles. The number of amides is 2. The topological polar surface area (TPSA) is 82.1 Å². The van der Waals surface area contributed by atoms with Gasteiger partial charge in [0.15, 0.2) is 5.65 Å². The van der Waals surface area contributed by atoms with Crippen molar-refractivity contribution >= 4 is 40.2 Å². The van der Waals surface area contributed by atoms with Crippen LogP contribution in [-0.2, 0) is 0 Å². The minimum atomic E-state index is -0.0860. The van der Waals surface area contributed by atoms with E-state index in [-0.39, 0.29) is 12.1 Å². The quantitative estimate of drug-likeness (QED) is 0.445. The third kappa shape index (κ3) is 4.39. The van der Waals surface area contributed by atoms with Crippen LogP contribution in [0.5, 0.6) is 0 Å². The summed E-state index contributed by atoms with van der Waals surface area (Å²) in [4.78, 5) is 24.8. The van der Waals surface area contributed by atoms with Crippen molar-refractivity contribution in [2.45, 2.75) is 19.9 Å². The first-order chi connectivity index (χ1) is 16.0. The molecule has 2 aromatic carbocycles. The Balaban J connectivity index is 1.21. The predicted octanol–water partition coefficient (Wildman–Crippen LogP) is 5.01. The first kappa shape index (κ1) is 21.3. The number of hydrogen-bond acceptors (Lipinski definition) is 4. The fraction of sp³-hybridized carbons (Fsp3) is 0.292. The van der Waals surface area contributed by atoms with Crippen LogP contribution in [0.1, 0.15) is 19.9 Å². The van der Waals surface area contributed by atoms with E-state index in [1.54, 1.807) is 24.3 Å². The number of rotatable bonds is 4. The van der Waals surface area contributed by atoms with Gasteiger partial charge in [-0.1, -0.05) is 11.6 Å². The molecule has 0 atom stereocenters. The monoisotopic (exact) mass is 463 g/mol. The molecule has 2 aromatic heterocycles. The third-order valence-corrected chi connectivity index (χ3v) is 6.15. The summed E-state index contributed by atoms with van der Waals surface area (Å²) in [5.41, 5.74) is 4.73. The summed E-state index contributed by atoms with van der Waals surface area (Å²) < 4.78 is 1.92. The molecule has 0 bridgehead atoms. The normalized spacial score (nSPS) is 14.3. The summed E-state index contributed by atoms with van der Waals surface area (Å²) >= 11 is 5.91. The maximum atomic E-state index is 12.6. The van der Waals surface area contributed by atoms with Gasteiger partial charge >= 0.3 is 6.03 Å². The second-order valence-corrected chi connectivity index (χ2v) is 8.90. The molecule has 5 rings (SSSR count). The molecule has 0 saturated carbocycles. The number of H-pyrrole nitrogens is 1. The second-order valence-electron chi connectivity index (χ2n) is 8.46. The number of hydrogen-bond donors (Lipinski definition) is 2. The van der Waals surface area contributed by atoms with Crippen molar-refractivity contribution in [2.24, 2.45) is 0 Å². The molecule has 2 N–H and O–H groups in total. The zero-order valence-corrected chi connectivity index (χ0v) is 19.4. The van der Waals surface area contributed by atoms with Gasteiger partial charge in [0.2, 0.25) is 0 Å². The number of piperazine rings is 1. The van der Waals surface area contributed by atoms with Gasteiger partial charge in [-0.15, -0.1) is 0 Å². The van der Waals surface area contributed by atoms with E-state index in [0.717, 1.165) is 47.0 Å². The smallest absolute Gasteiger partial charge is 0.321 e. The number of carbonyl (C=O) groups is 1. The van der Waals surface area contributed by atoms with Gasteiger partial charge in [-0.05, 0) is 62.4 Å². The summed E-state index contributed by atoms with van der Waals surface area (Å²) in [6.07, 6.45) is 1.82. The molecule has 1 aliphatic rings. The Morgan fingerprint density at radius 2 is 1.73 bits per heavy atom. The average molecular weight is 464 g/mol. The minimum Gasteiger partial charge on any atom is -0.368 e. The van der Waals surface area contributed by atoms with Crippen LogP contribution < -0.4 is 10.2 Å². The molecule has 1 fully saturated rings. The van der Waals surface area contributed by atoms with Crippen molar-refractivity contribution in [3.63, 3.8) is 0 Å². The zero-order valence-electron chi connectivity index (χ0n) is 18.6. The highest BCUT2D eigenvalue weighted by atomic mass is 35.5. The maximum Gasteiger partial charge on any atom is 0.321 e. The van der Waals surface area contributed by atoms with Crippen LogP contribution in [0.25, 0.3) is 22.6 Å². The van der Waals surface area contributed by atoms with Crippen molar-refractivity contribution in [1.82, 2.24) is 24.6 Å². The van der Waals surface area contributed by atoms with Crippen molar-refractivity contribution in [1.29, 1.82) is 0 Å². The predicted molar refractivity (Wildman–Crippen MR) is 132 cm³/mol. The fourth-order valence-electron chi connectivity index (χ4n) is 4.07. The number of nitrogens with zero attached hydrogens (tertiary/aromatic N) is 5. The van der Waals surface area contributed by atoms with Gasteiger partial charge in [-0.3, -0.25) is 0 Å². The van der Waals surface area contributed by atoms with Gasteiger partial charge in [0.05, 0.1) is 6.20 Å². The summed E-state index contributed by atoms with van der Waals surface area (Å²) in [7, 11) is 0. The first-order valence-corrected chi connectivity index (χ1v) is 11.5. The number of aromatic nitrogens is 4. The number of imidazole rings is 1. The average Bonchev–Trinajstić information content (AvgIpc) is 3.42.